The standard InChI is InChI=1S/C14H21NO2/c1-4-10-8-12(6-7-13(10)17-3)14(16)11(5-2)9-15/h6-8,11H,4-5,9,15H2,1-3H3. The van der Waals surface area contributed by atoms with Gasteiger partial charge in [0.25, 0.3) is 0 Å². The van der Waals surface area contributed by atoms with E-state index in [4.69, 9.17) is 10.5 Å². The first kappa shape index (κ1) is 13.7. The quantitative estimate of drug-likeness (QED) is 0.770. The minimum Gasteiger partial charge on any atom is -0.496 e. The van der Waals surface area contributed by atoms with Crippen molar-refractivity contribution in [2.75, 3.05) is 13.7 Å². The number of hydrogen-bond donors (Lipinski definition) is 1. The number of hydrogen-bond acceptors (Lipinski definition) is 3. The smallest absolute Gasteiger partial charge is 0.167 e. The summed E-state index contributed by atoms with van der Waals surface area (Å²) in [4.78, 5) is 12.2. The van der Waals surface area contributed by atoms with Crippen molar-refractivity contribution in [3.63, 3.8) is 0 Å². The molecule has 0 radical (unpaired) electrons. The van der Waals surface area contributed by atoms with E-state index < -0.39 is 0 Å². The van der Waals surface area contributed by atoms with Crippen LogP contribution in [0.3, 0.4) is 0 Å². The van der Waals surface area contributed by atoms with Gasteiger partial charge in [-0.05, 0) is 36.6 Å². The Morgan fingerprint density at radius 1 is 1.41 bits per heavy atom. The number of ketones is 1. The van der Waals surface area contributed by atoms with Crippen LogP contribution in [-0.2, 0) is 6.42 Å². The van der Waals surface area contributed by atoms with E-state index in [2.05, 4.69) is 0 Å². The zero-order valence-electron chi connectivity index (χ0n) is 10.8. The fourth-order valence-corrected chi connectivity index (χ4v) is 1.90. The average Bonchev–Trinajstić information content (AvgIpc) is 2.39. The van der Waals surface area contributed by atoms with Crippen LogP contribution in [0.15, 0.2) is 18.2 Å². The summed E-state index contributed by atoms with van der Waals surface area (Å²) in [5.74, 6) is 0.894. The second-order valence-corrected chi connectivity index (χ2v) is 4.09. The molecular weight excluding hydrogens is 214 g/mol. The number of ether oxygens (including phenoxy) is 1. The van der Waals surface area contributed by atoms with E-state index in [1.807, 2.05) is 32.0 Å². The summed E-state index contributed by atoms with van der Waals surface area (Å²) in [6.07, 6.45) is 1.63. The Balaban J connectivity index is 3.03. The molecule has 0 aliphatic rings. The third-order valence-electron chi connectivity index (χ3n) is 3.09. The summed E-state index contributed by atoms with van der Waals surface area (Å²) in [5.41, 5.74) is 7.40. The number of carbonyl (C=O) groups excluding carboxylic acids is 1. The molecule has 1 rings (SSSR count). The molecule has 0 heterocycles. The van der Waals surface area contributed by atoms with Crippen LogP contribution in [0, 0.1) is 5.92 Å². The van der Waals surface area contributed by atoms with Crippen molar-refractivity contribution in [3.8, 4) is 5.75 Å². The molecule has 17 heavy (non-hydrogen) atoms. The van der Waals surface area contributed by atoms with E-state index in [1.165, 1.54) is 0 Å². The van der Waals surface area contributed by atoms with Gasteiger partial charge in [0.2, 0.25) is 0 Å². The van der Waals surface area contributed by atoms with Crippen LogP contribution in [0.4, 0.5) is 0 Å². The van der Waals surface area contributed by atoms with Crippen LogP contribution in [0.1, 0.15) is 36.2 Å². The van der Waals surface area contributed by atoms with Gasteiger partial charge < -0.3 is 10.5 Å². The maximum atomic E-state index is 12.2. The van der Waals surface area contributed by atoms with E-state index in [0.717, 1.165) is 29.7 Å². The van der Waals surface area contributed by atoms with Gasteiger partial charge in [0.05, 0.1) is 7.11 Å². The average molecular weight is 235 g/mol. The molecule has 0 aromatic heterocycles. The molecule has 0 bridgehead atoms. The predicted molar refractivity (Wildman–Crippen MR) is 69.5 cm³/mol. The van der Waals surface area contributed by atoms with Gasteiger partial charge in [-0.3, -0.25) is 4.79 Å². The molecule has 3 heteroatoms. The van der Waals surface area contributed by atoms with Crippen molar-refractivity contribution < 1.29 is 9.53 Å². The fraction of sp³-hybridized carbons (Fsp3) is 0.500. The molecule has 0 saturated heterocycles. The maximum absolute atomic E-state index is 12.2. The minimum absolute atomic E-state index is 0.0758. The predicted octanol–water partition coefficient (Wildman–Crippen LogP) is 2.43. The van der Waals surface area contributed by atoms with Gasteiger partial charge in [-0.25, -0.2) is 0 Å². The Morgan fingerprint density at radius 2 is 2.12 bits per heavy atom. The zero-order valence-corrected chi connectivity index (χ0v) is 10.8. The van der Waals surface area contributed by atoms with Gasteiger partial charge in [0.15, 0.2) is 5.78 Å². The second-order valence-electron chi connectivity index (χ2n) is 4.09. The zero-order chi connectivity index (χ0) is 12.8. The first-order chi connectivity index (χ1) is 8.17. The molecular formula is C14H21NO2. The molecule has 3 nitrogen and oxygen atoms in total. The number of aryl methyl sites for hydroxylation is 1. The Bertz CT molecular complexity index is 384. The molecule has 0 aliphatic carbocycles. The minimum atomic E-state index is -0.0758. The summed E-state index contributed by atoms with van der Waals surface area (Å²) in [7, 11) is 1.64. The van der Waals surface area contributed by atoms with E-state index in [1.54, 1.807) is 7.11 Å². The molecule has 1 atom stereocenters. The number of benzene rings is 1. The molecule has 0 fully saturated rings. The topological polar surface area (TPSA) is 52.3 Å². The number of nitrogens with two attached hydrogens (primary N) is 1. The normalized spacial score (nSPS) is 12.2. The van der Waals surface area contributed by atoms with Crippen LogP contribution < -0.4 is 10.5 Å². The molecule has 1 aromatic rings. The Hall–Kier alpha value is -1.35. The molecule has 2 N–H and O–H groups in total. The SMILES string of the molecule is CCc1cc(C(=O)C(CC)CN)ccc1OC. The van der Waals surface area contributed by atoms with Crippen molar-refractivity contribution in [1.29, 1.82) is 0 Å². The van der Waals surface area contributed by atoms with Crippen molar-refractivity contribution in [1.82, 2.24) is 0 Å². The number of Topliss-reactive ketones (excluding diaryl/α,β-unsaturated/α-hetero) is 1. The summed E-state index contributed by atoms with van der Waals surface area (Å²) < 4.78 is 5.25. The maximum Gasteiger partial charge on any atom is 0.167 e. The lowest BCUT2D eigenvalue weighted by molar-refractivity contribution is 0.0921. The van der Waals surface area contributed by atoms with Gasteiger partial charge in [0.1, 0.15) is 5.75 Å². The lowest BCUT2D eigenvalue weighted by Crippen LogP contribution is -2.23. The van der Waals surface area contributed by atoms with E-state index >= 15 is 0 Å². The molecule has 1 unspecified atom stereocenters. The first-order valence-electron chi connectivity index (χ1n) is 6.09. The van der Waals surface area contributed by atoms with Crippen molar-refractivity contribution in [2.24, 2.45) is 11.7 Å². The third kappa shape index (κ3) is 3.07. The third-order valence-corrected chi connectivity index (χ3v) is 3.09. The highest BCUT2D eigenvalue weighted by atomic mass is 16.5. The van der Waals surface area contributed by atoms with E-state index in [-0.39, 0.29) is 11.7 Å². The van der Waals surface area contributed by atoms with Gasteiger partial charge in [-0.1, -0.05) is 13.8 Å². The highest BCUT2D eigenvalue weighted by Crippen LogP contribution is 2.22. The van der Waals surface area contributed by atoms with Gasteiger partial charge >= 0.3 is 0 Å². The van der Waals surface area contributed by atoms with Gasteiger partial charge in [-0.15, -0.1) is 0 Å². The van der Waals surface area contributed by atoms with Crippen LogP contribution in [0.5, 0.6) is 5.75 Å². The molecule has 0 aliphatic heterocycles. The Labute approximate surface area is 103 Å². The summed E-state index contributed by atoms with van der Waals surface area (Å²) >= 11 is 0. The molecule has 0 amide bonds. The molecule has 0 spiro atoms. The highest BCUT2D eigenvalue weighted by molar-refractivity contribution is 5.98. The molecule has 0 saturated carbocycles. The van der Waals surface area contributed by atoms with E-state index in [9.17, 15) is 4.79 Å². The number of carbonyl (C=O) groups is 1. The lowest BCUT2D eigenvalue weighted by Gasteiger charge is -2.13. The van der Waals surface area contributed by atoms with Crippen LogP contribution in [-0.4, -0.2) is 19.4 Å². The van der Waals surface area contributed by atoms with Crippen LogP contribution in [0.2, 0.25) is 0 Å². The number of rotatable bonds is 6. The van der Waals surface area contributed by atoms with Gasteiger partial charge in [-0.2, -0.15) is 0 Å². The van der Waals surface area contributed by atoms with Crippen molar-refractivity contribution in [2.45, 2.75) is 26.7 Å². The van der Waals surface area contributed by atoms with Crippen LogP contribution in [0.25, 0.3) is 0 Å². The van der Waals surface area contributed by atoms with Gasteiger partial charge in [0, 0.05) is 18.0 Å². The monoisotopic (exact) mass is 235 g/mol. The van der Waals surface area contributed by atoms with Crippen molar-refractivity contribution >= 4 is 5.78 Å². The summed E-state index contributed by atoms with van der Waals surface area (Å²) in [6, 6.07) is 5.59. The first-order valence-corrected chi connectivity index (χ1v) is 6.09. The molecule has 94 valence electrons. The highest BCUT2D eigenvalue weighted by Gasteiger charge is 2.17. The number of methoxy groups -OCH3 is 1. The summed E-state index contributed by atoms with van der Waals surface area (Å²) in [5, 5.41) is 0. The van der Waals surface area contributed by atoms with Crippen molar-refractivity contribution in [3.05, 3.63) is 29.3 Å². The largest absolute Gasteiger partial charge is 0.496 e. The fourth-order valence-electron chi connectivity index (χ4n) is 1.90. The van der Waals surface area contributed by atoms with Crippen LogP contribution >= 0.6 is 0 Å². The molecule has 1 aromatic carbocycles. The summed E-state index contributed by atoms with van der Waals surface area (Å²) in [6.45, 7) is 4.44. The second kappa shape index (κ2) is 6.40. The Kier molecular flexibility index (Phi) is 5.16. The van der Waals surface area contributed by atoms with E-state index in [0.29, 0.717) is 6.54 Å². The lowest BCUT2D eigenvalue weighted by atomic mass is 9.94. The Morgan fingerprint density at radius 3 is 2.59 bits per heavy atom.